The van der Waals surface area contributed by atoms with Gasteiger partial charge in [0.1, 0.15) is 5.69 Å². The number of halogens is 1. The van der Waals surface area contributed by atoms with Crippen LogP contribution in [-0.2, 0) is 0 Å². The van der Waals surface area contributed by atoms with E-state index in [1.165, 1.54) is 6.07 Å². The van der Waals surface area contributed by atoms with Crippen molar-refractivity contribution in [2.75, 3.05) is 26.7 Å². The van der Waals surface area contributed by atoms with Crippen molar-refractivity contribution >= 4 is 0 Å². The molecule has 0 aliphatic carbocycles. The predicted molar refractivity (Wildman–Crippen MR) is 134 cm³/mol. The maximum Gasteiger partial charge on any atom is 0.254 e. The molecule has 2 bridgehead atoms. The van der Waals surface area contributed by atoms with E-state index in [4.69, 9.17) is 0 Å². The normalized spacial score (nSPS) is 32.5. The van der Waals surface area contributed by atoms with E-state index < -0.39 is 5.82 Å². The minimum Gasteiger partial charge on any atom is -0.312 e. The smallest absolute Gasteiger partial charge is 0.254 e. The monoisotopic (exact) mass is 483 g/mol. The molecule has 3 aliphatic heterocycles. The zero-order valence-electron chi connectivity index (χ0n) is 21.0. The second-order valence-corrected chi connectivity index (χ2v) is 10.7. The molecule has 3 aliphatic rings. The molecule has 35 heavy (non-hydrogen) atoms. The Morgan fingerprint density at radius 2 is 1.97 bits per heavy atom. The summed E-state index contributed by atoms with van der Waals surface area (Å²) in [5.74, 6) is 0.679. The summed E-state index contributed by atoms with van der Waals surface area (Å²) in [5.41, 5.74) is 4.30. The summed E-state index contributed by atoms with van der Waals surface area (Å²) in [6.45, 7) is 6.91. The van der Waals surface area contributed by atoms with Crippen LogP contribution < -0.4 is 21.6 Å². The molecule has 8 nitrogen and oxygen atoms in total. The van der Waals surface area contributed by atoms with E-state index in [2.05, 4.69) is 45.0 Å². The van der Waals surface area contributed by atoms with Crippen LogP contribution in [0.1, 0.15) is 50.6 Å². The minimum atomic E-state index is -0.425. The molecule has 0 aromatic carbocycles. The fourth-order valence-electron chi connectivity index (χ4n) is 6.33. The third-order valence-electron chi connectivity index (χ3n) is 8.29. The zero-order valence-corrected chi connectivity index (χ0v) is 21.0. The molecule has 3 N–H and O–H groups in total. The van der Waals surface area contributed by atoms with Gasteiger partial charge >= 0.3 is 0 Å². The van der Waals surface area contributed by atoms with Gasteiger partial charge in [0.05, 0.1) is 18.1 Å². The van der Waals surface area contributed by atoms with Crippen molar-refractivity contribution in [2.45, 2.75) is 70.1 Å². The first-order valence-electron chi connectivity index (χ1n) is 13.0. The number of hydrogen-bond acceptors (Lipinski definition) is 7. The Hall–Kier alpha value is -2.20. The van der Waals surface area contributed by atoms with Gasteiger partial charge in [0.2, 0.25) is 0 Å². The number of likely N-dealkylation sites (N-methyl/N-ethyl adjacent to an activating group) is 1. The van der Waals surface area contributed by atoms with Gasteiger partial charge in [0.15, 0.2) is 5.82 Å². The van der Waals surface area contributed by atoms with Crippen molar-refractivity contribution < 1.29 is 4.39 Å². The molecule has 6 atom stereocenters. The molecular formula is C26H38FN7O. The summed E-state index contributed by atoms with van der Waals surface area (Å²) in [4.78, 5) is 22.0. The van der Waals surface area contributed by atoms with Gasteiger partial charge in [-0.1, -0.05) is 13.3 Å². The lowest BCUT2D eigenvalue weighted by molar-refractivity contribution is 0.108. The number of fused-ring (bicyclic) bond motifs is 4. The number of nitrogens with zero attached hydrogens (tertiary/aromatic N) is 4. The number of hydrazine groups is 1. The van der Waals surface area contributed by atoms with Gasteiger partial charge in [0.25, 0.3) is 5.56 Å². The van der Waals surface area contributed by atoms with E-state index in [0.29, 0.717) is 29.5 Å². The van der Waals surface area contributed by atoms with Crippen molar-refractivity contribution in [1.29, 1.82) is 0 Å². The van der Waals surface area contributed by atoms with Crippen molar-refractivity contribution in [2.24, 2.45) is 11.8 Å². The van der Waals surface area contributed by atoms with Crippen molar-refractivity contribution in [1.82, 2.24) is 35.6 Å². The van der Waals surface area contributed by atoms with Crippen LogP contribution in [-0.4, -0.2) is 64.4 Å². The number of aromatic nitrogens is 3. The Labute approximate surface area is 206 Å². The SMILES string of the molecule is Cc1ccnc(-c2cc(=O)n([C@H]3CCC[C@@H](C)CNC4CNN(C)C4C4CCNC3C4)cn2)c1F. The number of rotatable bonds is 2. The summed E-state index contributed by atoms with van der Waals surface area (Å²) in [5, 5.41) is 9.86. The Kier molecular flexibility index (Phi) is 7.29. The van der Waals surface area contributed by atoms with Gasteiger partial charge < -0.3 is 10.6 Å². The molecule has 2 aromatic rings. The largest absolute Gasteiger partial charge is 0.312 e. The second kappa shape index (κ2) is 10.4. The molecule has 5 heterocycles. The van der Waals surface area contributed by atoms with Crippen LogP contribution in [0.4, 0.5) is 4.39 Å². The molecule has 0 amide bonds. The standard InChI is InChI=1S/C26H38FN7O/c1-16-5-4-6-22(19-11-18(8-10-28-19)26-21(30-13-16)14-32-33(26)3)34-15-31-20(12-23(34)35)25-24(27)17(2)7-9-29-25/h7,9,12,15-16,18-19,21-22,26,28,30,32H,4-6,8,10-11,13-14H2,1-3H3/t16-,18?,19?,21?,22+,26?/m1/s1. The van der Waals surface area contributed by atoms with Gasteiger partial charge in [-0.3, -0.25) is 19.8 Å². The van der Waals surface area contributed by atoms with Crippen LogP contribution in [0.2, 0.25) is 0 Å². The fourth-order valence-corrected chi connectivity index (χ4v) is 6.33. The fraction of sp³-hybridized carbons (Fsp3) is 0.654. The Morgan fingerprint density at radius 1 is 1.11 bits per heavy atom. The summed E-state index contributed by atoms with van der Waals surface area (Å²) in [6.07, 6.45) is 8.37. The van der Waals surface area contributed by atoms with Gasteiger partial charge in [-0.15, -0.1) is 0 Å². The second-order valence-electron chi connectivity index (χ2n) is 10.7. The van der Waals surface area contributed by atoms with Crippen molar-refractivity contribution in [3.05, 3.63) is 46.4 Å². The van der Waals surface area contributed by atoms with Crippen LogP contribution in [0.3, 0.4) is 0 Å². The van der Waals surface area contributed by atoms with Crippen LogP contribution >= 0.6 is 0 Å². The summed E-state index contributed by atoms with van der Waals surface area (Å²) < 4.78 is 16.4. The topological polar surface area (TPSA) is 87.1 Å². The highest BCUT2D eigenvalue weighted by Crippen LogP contribution is 2.33. The molecule has 3 fully saturated rings. The number of nitrogens with one attached hydrogen (secondary N) is 3. The number of hydrogen-bond donors (Lipinski definition) is 3. The van der Waals surface area contributed by atoms with E-state index in [1.54, 1.807) is 30.1 Å². The highest BCUT2D eigenvalue weighted by molar-refractivity contribution is 5.55. The van der Waals surface area contributed by atoms with Gasteiger partial charge in [0, 0.05) is 44.0 Å². The molecular weight excluding hydrogens is 445 g/mol. The Morgan fingerprint density at radius 3 is 2.80 bits per heavy atom. The first kappa shape index (κ1) is 24.5. The molecule has 2 aromatic heterocycles. The molecule has 0 spiro atoms. The first-order chi connectivity index (χ1) is 16.9. The van der Waals surface area contributed by atoms with E-state index in [1.807, 2.05) is 0 Å². The van der Waals surface area contributed by atoms with Gasteiger partial charge in [-0.25, -0.2) is 14.4 Å². The van der Waals surface area contributed by atoms with E-state index in [9.17, 15) is 9.18 Å². The van der Waals surface area contributed by atoms with Crippen LogP contribution in [0.15, 0.2) is 29.5 Å². The number of piperidine rings is 1. The molecule has 0 radical (unpaired) electrons. The average Bonchev–Trinajstić information content (AvgIpc) is 3.22. The minimum absolute atomic E-state index is 0.0138. The third-order valence-corrected chi connectivity index (χ3v) is 8.29. The van der Waals surface area contributed by atoms with E-state index in [0.717, 1.165) is 51.7 Å². The van der Waals surface area contributed by atoms with E-state index >= 15 is 0 Å². The summed E-state index contributed by atoms with van der Waals surface area (Å²) in [7, 11) is 2.15. The highest BCUT2D eigenvalue weighted by atomic mass is 19.1. The van der Waals surface area contributed by atoms with Crippen molar-refractivity contribution in [3.8, 4) is 11.4 Å². The highest BCUT2D eigenvalue weighted by Gasteiger charge is 2.41. The van der Waals surface area contributed by atoms with Crippen LogP contribution in [0, 0.1) is 24.6 Å². The van der Waals surface area contributed by atoms with Crippen LogP contribution in [0.5, 0.6) is 0 Å². The summed E-state index contributed by atoms with van der Waals surface area (Å²) in [6, 6.07) is 4.13. The molecule has 4 unspecified atom stereocenters. The molecule has 0 saturated carbocycles. The molecule has 3 saturated heterocycles. The number of pyridine rings is 1. The van der Waals surface area contributed by atoms with E-state index in [-0.39, 0.29) is 29.0 Å². The third kappa shape index (κ3) is 5.05. The quantitative estimate of drug-likeness (QED) is 0.604. The maximum absolute atomic E-state index is 14.6. The van der Waals surface area contributed by atoms with Gasteiger partial charge in [-0.2, -0.15) is 0 Å². The van der Waals surface area contributed by atoms with Crippen molar-refractivity contribution in [3.63, 3.8) is 0 Å². The maximum atomic E-state index is 14.6. The molecule has 5 rings (SSSR count). The zero-order chi connectivity index (χ0) is 24.5. The first-order valence-corrected chi connectivity index (χ1v) is 13.0. The molecule has 190 valence electrons. The molecule has 9 heteroatoms. The average molecular weight is 484 g/mol. The lowest BCUT2D eigenvalue weighted by Crippen LogP contribution is -2.54. The lowest BCUT2D eigenvalue weighted by atomic mass is 9.80. The Balaban J connectivity index is 1.46. The van der Waals surface area contributed by atoms with Gasteiger partial charge in [-0.05, 0) is 69.2 Å². The lowest BCUT2D eigenvalue weighted by Gasteiger charge is -2.42. The predicted octanol–water partition coefficient (Wildman–Crippen LogP) is 2.26. The number of aryl methyl sites for hydroxylation is 1. The van der Waals surface area contributed by atoms with Crippen LogP contribution in [0.25, 0.3) is 11.4 Å². The Bertz CT molecular complexity index is 1090. The summed E-state index contributed by atoms with van der Waals surface area (Å²) >= 11 is 0.